The maximum absolute atomic E-state index is 12.0. The van der Waals surface area contributed by atoms with Crippen LogP contribution in [-0.2, 0) is 11.3 Å². The molecule has 29 heavy (non-hydrogen) atoms. The summed E-state index contributed by atoms with van der Waals surface area (Å²) in [6, 6.07) is 15.7. The van der Waals surface area contributed by atoms with E-state index in [0.717, 1.165) is 36.9 Å². The number of rotatable bonds is 5. The maximum Gasteiger partial charge on any atom is 0.338 e. The lowest BCUT2D eigenvalue weighted by molar-refractivity contribution is -0.384. The van der Waals surface area contributed by atoms with Crippen molar-refractivity contribution in [1.29, 1.82) is 0 Å². The Labute approximate surface area is 169 Å². The first-order valence-corrected chi connectivity index (χ1v) is 9.93. The molecule has 0 aromatic heterocycles. The van der Waals surface area contributed by atoms with Gasteiger partial charge in [0.15, 0.2) is 0 Å². The van der Waals surface area contributed by atoms with Crippen LogP contribution in [0.3, 0.4) is 0 Å². The summed E-state index contributed by atoms with van der Waals surface area (Å²) in [5.41, 5.74) is 3.26. The Morgan fingerprint density at radius 1 is 1.21 bits per heavy atom. The number of nitrogens with zero attached hydrogens (tertiary/aromatic N) is 2. The Balaban J connectivity index is 1.67. The molecule has 0 N–H and O–H groups in total. The second kappa shape index (κ2) is 8.17. The molecule has 0 aliphatic carbocycles. The molecule has 2 aromatic rings. The molecule has 1 fully saturated rings. The van der Waals surface area contributed by atoms with Gasteiger partial charge in [-0.15, -0.1) is 0 Å². The van der Waals surface area contributed by atoms with Crippen LogP contribution in [0.4, 0.5) is 5.69 Å². The smallest absolute Gasteiger partial charge is 0.338 e. The van der Waals surface area contributed by atoms with E-state index in [-0.39, 0.29) is 11.3 Å². The first-order chi connectivity index (χ1) is 14.0. The summed E-state index contributed by atoms with van der Waals surface area (Å²) >= 11 is 0. The highest BCUT2D eigenvalue weighted by atomic mass is 16.6. The van der Waals surface area contributed by atoms with Gasteiger partial charge in [0.05, 0.1) is 17.6 Å². The number of benzene rings is 2. The molecule has 2 aromatic carbocycles. The topological polar surface area (TPSA) is 72.7 Å². The molecule has 4 rings (SSSR count). The molecule has 1 saturated heterocycles. The lowest BCUT2D eigenvalue weighted by atomic mass is 9.82. The standard InChI is InChI=1S/C23H24N2O4/c1-29-23(26)19-10-17(13-22(14-19)25(27)28)18-11-20-8-5-9-21(12-18)24(20)15-16-6-3-2-4-7-16/h2-4,6-7,10-11,13-14,20-21H,5,8-9,12,15H2,1H3. The van der Waals surface area contributed by atoms with Gasteiger partial charge in [-0.25, -0.2) is 4.79 Å². The predicted octanol–water partition coefficient (Wildman–Crippen LogP) is 4.59. The van der Waals surface area contributed by atoms with Crippen molar-refractivity contribution in [2.75, 3.05) is 7.11 Å². The fraction of sp³-hybridized carbons (Fsp3) is 0.348. The van der Waals surface area contributed by atoms with E-state index in [1.807, 2.05) is 6.07 Å². The molecule has 6 nitrogen and oxygen atoms in total. The van der Waals surface area contributed by atoms with Gasteiger partial charge in [-0.2, -0.15) is 0 Å². The number of hydrogen-bond donors (Lipinski definition) is 0. The van der Waals surface area contributed by atoms with Crippen LogP contribution in [0.2, 0.25) is 0 Å². The van der Waals surface area contributed by atoms with Gasteiger partial charge in [-0.3, -0.25) is 15.0 Å². The normalized spacial score (nSPS) is 21.3. The summed E-state index contributed by atoms with van der Waals surface area (Å²) < 4.78 is 4.78. The van der Waals surface area contributed by atoms with Gasteiger partial charge in [0, 0.05) is 30.8 Å². The molecule has 2 aliphatic heterocycles. The minimum absolute atomic E-state index is 0.0827. The summed E-state index contributed by atoms with van der Waals surface area (Å²) in [5.74, 6) is -0.558. The fourth-order valence-electron chi connectivity index (χ4n) is 4.51. The second-order valence-corrected chi connectivity index (χ2v) is 7.72. The zero-order chi connectivity index (χ0) is 20.4. The summed E-state index contributed by atoms with van der Waals surface area (Å²) in [6.45, 7) is 0.905. The van der Waals surface area contributed by atoms with E-state index in [9.17, 15) is 14.9 Å². The van der Waals surface area contributed by atoms with Gasteiger partial charge in [-0.05, 0) is 42.0 Å². The number of carbonyl (C=O) groups is 1. The summed E-state index contributed by atoms with van der Waals surface area (Å²) in [6.07, 6.45) is 6.43. The third kappa shape index (κ3) is 4.07. The van der Waals surface area contributed by atoms with Crippen LogP contribution in [0.1, 0.15) is 47.2 Å². The molecular formula is C23H24N2O4. The molecule has 0 saturated carbocycles. The number of fused-ring (bicyclic) bond motifs is 2. The Kier molecular flexibility index (Phi) is 5.45. The van der Waals surface area contributed by atoms with Crippen molar-refractivity contribution in [1.82, 2.24) is 4.90 Å². The Hall–Kier alpha value is -2.99. The van der Waals surface area contributed by atoms with Crippen LogP contribution in [0.15, 0.2) is 54.6 Å². The summed E-state index contributed by atoms with van der Waals surface area (Å²) in [7, 11) is 1.28. The van der Waals surface area contributed by atoms with Crippen molar-refractivity contribution in [2.24, 2.45) is 0 Å². The molecule has 2 heterocycles. The van der Waals surface area contributed by atoms with E-state index < -0.39 is 10.9 Å². The van der Waals surface area contributed by atoms with Crippen LogP contribution in [0.25, 0.3) is 5.57 Å². The highest BCUT2D eigenvalue weighted by molar-refractivity contribution is 5.91. The zero-order valence-corrected chi connectivity index (χ0v) is 16.4. The van der Waals surface area contributed by atoms with Gasteiger partial charge < -0.3 is 4.74 Å². The highest BCUT2D eigenvalue weighted by Gasteiger charge is 2.34. The van der Waals surface area contributed by atoms with Crippen molar-refractivity contribution in [3.05, 3.63) is 81.4 Å². The van der Waals surface area contributed by atoms with E-state index in [1.54, 1.807) is 12.1 Å². The van der Waals surface area contributed by atoms with Crippen LogP contribution in [0.5, 0.6) is 0 Å². The second-order valence-electron chi connectivity index (χ2n) is 7.72. The molecule has 0 radical (unpaired) electrons. The van der Waals surface area contributed by atoms with E-state index in [4.69, 9.17) is 4.74 Å². The van der Waals surface area contributed by atoms with Gasteiger partial charge in [0.25, 0.3) is 5.69 Å². The van der Waals surface area contributed by atoms with E-state index in [2.05, 4.69) is 35.2 Å². The summed E-state index contributed by atoms with van der Waals surface area (Å²) in [4.78, 5) is 25.5. The number of ether oxygens (including phenoxy) is 1. The van der Waals surface area contributed by atoms with Crippen molar-refractivity contribution in [3.8, 4) is 0 Å². The minimum Gasteiger partial charge on any atom is -0.465 e. The third-order valence-corrected chi connectivity index (χ3v) is 5.91. The molecule has 150 valence electrons. The lowest BCUT2D eigenvalue weighted by Crippen LogP contribution is -2.47. The van der Waals surface area contributed by atoms with E-state index in [1.165, 1.54) is 25.2 Å². The average Bonchev–Trinajstić information content (AvgIpc) is 2.73. The molecule has 2 unspecified atom stereocenters. The monoisotopic (exact) mass is 392 g/mol. The molecule has 6 heteroatoms. The lowest BCUT2D eigenvalue weighted by Gasteiger charge is -2.45. The molecule has 0 amide bonds. The Morgan fingerprint density at radius 2 is 2.00 bits per heavy atom. The van der Waals surface area contributed by atoms with Crippen molar-refractivity contribution < 1.29 is 14.5 Å². The number of esters is 1. The number of methoxy groups -OCH3 is 1. The first kappa shape index (κ1) is 19.3. The van der Waals surface area contributed by atoms with Gasteiger partial charge in [0.2, 0.25) is 0 Å². The quantitative estimate of drug-likeness (QED) is 0.423. The maximum atomic E-state index is 12.0. The van der Waals surface area contributed by atoms with Crippen molar-refractivity contribution in [3.63, 3.8) is 0 Å². The summed E-state index contributed by atoms with van der Waals surface area (Å²) in [5, 5.41) is 11.4. The van der Waals surface area contributed by atoms with E-state index in [0.29, 0.717) is 12.1 Å². The number of hydrogen-bond acceptors (Lipinski definition) is 5. The number of nitro benzene ring substituents is 1. The largest absolute Gasteiger partial charge is 0.465 e. The molecule has 2 bridgehead atoms. The highest BCUT2D eigenvalue weighted by Crippen LogP contribution is 2.39. The Morgan fingerprint density at radius 3 is 2.69 bits per heavy atom. The zero-order valence-electron chi connectivity index (χ0n) is 16.4. The predicted molar refractivity (Wildman–Crippen MR) is 110 cm³/mol. The van der Waals surface area contributed by atoms with Crippen molar-refractivity contribution in [2.45, 2.75) is 44.3 Å². The molecule has 2 atom stereocenters. The third-order valence-electron chi connectivity index (χ3n) is 5.91. The van der Waals surface area contributed by atoms with Crippen LogP contribution in [-0.4, -0.2) is 35.0 Å². The van der Waals surface area contributed by atoms with Gasteiger partial charge >= 0.3 is 5.97 Å². The minimum atomic E-state index is -0.558. The number of nitro groups is 1. The molecule has 0 spiro atoms. The van der Waals surface area contributed by atoms with Crippen LogP contribution >= 0.6 is 0 Å². The first-order valence-electron chi connectivity index (χ1n) is 9.93. The fourth-order valence-corrected chi connectivity index (χ4v) is 4.51. The average molecular weight is 392 g/mol. The van der Waals surface area contributed by atoms with E-state index >= 15 is 0 Å². The van der Waals surface area contributed by atoms with Crippen molar-refractivity contribution >= 4 is 17.2 Å². The number of non-ortho nitro benzene ring substituents is 1. The SMILES string of the molecule is COC(=O)c1cc(C2=CC3CCCC(C2)N3Cc2ccccc2)cc([N+](=O)[O-])c1. The number of carbonyl (C=O) groups excluding carboxylic acids is 1. The Bertz CT molecular complexity index is 955. The molecule has 2 aliphatic rings. The van der Waals surface area contributed by atoms with Gasteiger partial charge in [0.1, 0.15) is 0 Å². The van der Waals surface area contributed by atoms with Crippen LogP contribution in [0, 0.1) is 10.1 Å². The van der Waals surface area contributed by atoms with Crippen LogP contribution < -0.4 is 0 Å². The number of piperidine rings is 1. The van der Waals surface area contributed by atoms with Gasteiger partial charge in [-0.1, -0.05) is 42.8 Å². The molecular weight excluding hydrogens is 368 g/mol.